The minimum atomic E-state index is -0.413. The number of methoxy groups -OCH3 is 1. The fraction of sp³-hybridized carbons (Fsp3) is 0.211. The van der Waals surface area contributed by atoms with Crippen LogP contribution in [0.2, 0.25) is 0 Å². The second-order valence-electron chi connectivity index (χ2n) is 5.88. The lowest BCUT2D eigenvalue weighted by Gasteiger charge is -2.32. The van der Waals surface area contributed by atoms with Crippen molar-refractivity contribution in [1.29, 1.82) is 0 Å². The summed E-state index contributed by atoms with van der Waals surface area (Å²) < 4.78 is 22.3. The van der Waals surface area contributed by atoms with Crippen LogP contribution < -0.4 is 19.8 Å². The zero-order chi connectivity index (χ0) is 17.6. The summed E-state index contributed by atoms with van der Waals surface area (Å²) in [6.07, 6.45) is -0.689. The number of ether oxygens (including phenoxy) is 3. The van der Waals surface area contributed by atoms with Crippen LogP contribution in [0.1, 0.15) is 18.6 Å². The van der Waals surface area contributed by atoms with Crippen molar-refractivity contribution < 1.29 is 23.7 Å². The molecule has 128 valence electrons. The lowest BCUT2D eigenvalue weighted by atomic mass is 10.0. The molecule has 0 amide bonds. The van der Waals surface area contributed by atoms with E-state index >= 15 is 0 Å². The van der Waals surface area contributed by atoms with Crippen molar-refractivity contribution in [3.8, 4) is 23.0 Å². The predicted octanol–water partition coefficient (Wildman–Crippen LogP) is 3.41. The standard InChI is InChI=1S/C19H16O6/c1-10-19(12-3-5-14(22-2)13(20)7-12)25-16-8-11-4-6-18(21)24-15(11)9-17(16)23-10/h3-10,19-20H,1-2H3. The number of hydrogen-bond donors (Lipinski definition) is 1. The number of aromatic hydroxyl groups is 1. The summed E-state index contributed by atoms with van der Waals surface area (Å²) >= 11 is 0. The van der Waals surface area contributed by atoms with E-state index in [1.165, 1.54) is 13.2 Å². The second kappa shape index (κ2) is 5.73. The molecule has 0 fully saturated rings. The van der Waals surface area contributed by atoms with E-state index in [4.69, 9.17) is 18.6 Å². The van der Waals surface area contributed by atoms with E-state index in [1.807, 2.05) is 13.0 Å². The van der Waals surface area contributed by atoms with Gasteiger partial charge in [0.05, 0.1) is 7.11 Å². The van der Waals surface area contributed by atoms with Crippen LogP contribution in [-0.2, 0) is 0 Å². The molecule has 0 radical (unpaired) electrons. The van der Waals surface area contributed by atoms with Crippen molar-refractivity contribution in [2.75, 3.05) is 7.11 Å². The molecule has 1 aliphatic heterocycles. The Kier molecular flexibility index (Phi) is 3.53. The highest BCUT2D eigenvalue weighted by Gasteiger charge is 2.31. The molecular formula is C19H16O6. The lowest BCUT2D eigenvalue weighted by molar-refractivity contribution is 0.0307. The van der Waals surface area contributed by atoms with E-state index < -0.39 is 11.7 Å². The number of phenolic OH excluding ortho intramolecular Hbond substituents is 1. The van der Waals surface area contributed by atoms with Crippen molar-refractivity contribution in [2.24, 2.45) is 0 Å². The van der Waals surface area contributed by atoms with Crippen LogP contribution in [0, 0.1) is 0 Å². The molecule has 6 heteroatoms. The molecular weight excluding hydrogens is 324 g/mol. The van der Waals surface area contributed by atoms with Crippen LogP contribution in [0.25, 0.3) is 11.0 Å². The Hall–Kier alpha value is -3.15. The molecule has 2 aromatic carbocycles. The maximum Gasteiger partial charge on any atom is 0.336 e. The molecule has 3 aromatic rings. The average Bonchev–Trinajstić information content (AvgIpc) is 2.59. The van der Waals surface area contributed by atoms with E-state index in [-0.39, 0.29) is 11.9 Å². The van der Waals surface area contributed by atoms with E-state index in [1.54, 1.807) is 30.3 Å². The Labute approximate surface area is 143 Å². The number of rotatable bonds is 2. The smallest absolute Gasteiger partial charge is 0.336 e. The third-order valence-corrected chi connectivity index (χ3v) is 4.21. The van der Waals surface area contributed by atoms with Gasteiger partial charge in [-0.3, -0.25) is 0 Å². The molecule has 1 aromatic heterocycles. The van der Waals surface area contributed by atoms with Crippen molar-refractivity contribution in [3.63, 3.8) is 0 Å². The molecule has 0 saturated carbocycles. The average molecular weight is 340 g/mol. The number of benzene rings is 2. The van der Waals surface area contributed by atoms with Gasteiger partial charge in [-0.25, -0.2) is 4.79 Å². The summed E-state index contributed by atoms with van der Waals surface area (Å²) in [5.41, 5.74) is 0.808. The largest absolute Gasteiger partial charge is 0.504 e. The Morgan fingerprint density at radius 1 is 1.04 bits per heavy atom. The van der Waals surface area contributed by atoms with Gasteiger partial charge in [0, 0.05) is 23.1 Å². The SMILES string of the molecule is COc1ccc(C2Oc3cc4ccc(=O)oc4cc3OC2C)cc1O. The van der Waals surface area contributed by atoms with E-state index in [0.29, 0.717) is 22.8 Å². The predicted molar refractivity (Wildman–Crippen MR) is 90.6 cm³/mol. The fourth-order valence-electron chi connectivity index (χ4n) is 2.98. The van der Waals surface area contributed by atoms with Crippen molar-refractivity contribution in [3.05, 3.63) is 58.4 Å². The van der Waals surface area contributed by atoms with Gasteiger partial charge in [0.1, 0.15) is 11.7 Å². The van der Waals surface area contributed by atoms with Crippen LogP contribution in [0.3, 0.4) is 0 Å². The van der Waals surface area contributed by atoms with Crippen LogP contribution in [0.15, 0.2) is 51.7 Å². The number of hydrogen-bond acceptors (Lipinski definition) is 6. The number of fused-ring (bicyclic) bond motifs is 2. The second-order valence-corrected chi connectivity index (χ2v) is 5.88. The van der Waals surface area contributed by atoms with Crippen molar-refractivity contribution in [1.82, 2.24) is 0 Å². The summed E-state index contributed by atoms with van der Waals surface area (Å²) in [4.78, 5) is 11.4. The molecule has 1 aliphatic rings. The van der Waals surface area contributed by atoms with Gasteiger partial charge >= 0.3 is 5.63 Å². The number of phenols is 1. The summed E-state index contributed by atoms with van der Waals surface area (Å²) in [5.74, 6) is 1.51. The highest BCUT2D eigenvalue weighted by Crippen LogP contribution is 2.42. The fourth-order valence-corrected chi connectivity index (χ4v) is 2.98. The first kappa shape index (κ1) is 15.4. The lowest BCUT2D eigenvalue weighted by Crippen LogP contribution is -2.30. The van der Waals surface area contributed by atoms with Crippen LogP contribution >= 0.6 is 0 Å². The highest BCUT2D eigenvalue weighted by atomic mass is 16.6. The first-order valence-electron chi connectivity index (χ1n) is 7.83. The monoisotopic (exact) mass is 340 g/mol. The van der Waals surface area contributed by atoms with E-state index in [9.17, 15) is 9.90 Å². The quantitative estimate of drug-likeness (QED) is 0.720. The van der Waals surface area contributed by atoms with Gasteiger partial charge in [0.15, 0.2) is 29.1 Å². The summed E-state index contributed by atoms with van der Waals surface area (Å²) in [6.45, 7) is 1.88. The molecule has 25 heavy (non-hydrogen) atoms. The van der Waals surface area contributed by atoms with Gasteiger partial charge in [-0.05, 0) is 31.2 Å². The Morgan fingerprint density at radius 3 is 2.60 bits per heavy atom. The zero-order valence-electron chi connectivity index (χ0n) is 13.7. The first-order valence-corrected chi connectivity index (χ1v) is 7.83. The molecule has 0 spiro atoms. The Morgan fingerprint density at radius 2 is 1.84 bits per heavy atom. The third-order valence-electron chi connectivity index (χ3n) is 4.21. The molecule has 2 unspecified atom stereocenters. The first-order chi connectivity index (χ1) is 12.0. The molecule has 4 rings (SSSR count). The summed E-state index contributed by atoms with van der Waals surface area (Å²) in [7, 11) is 1.50. The van der Waals surface area contributed by atoms with E-state index in [0.717, 1.165) is 10.9 Å². The van der Waals surface area contributed by atoms with Crippen LogP contribution in [0.4, 0.5) is 0 Å². The summed E-state index contributed by atoms with van der Waals surface area (Å²) in [5, 5.41) is 10.8. The van der Waals surface area contributed by atoms with Crippen LogP contribution in [-0.4, -0.2) is 18.3 Å². The molecule has 1 N–H and O–H groups in total. The van der Waals surface area contributed by atoms with Gasteiger partial charge in [0.2, 0.25) is 0 Å². The normalized spacial score (nSPS) is 19.0. The molecule has 0 aliphatic carbocycles. The molecule has 2 heterocycles. The summed E-state index contributed by atoms with van der Waals surface area (Å²) in [6, 6.07) is 11.6. The Bertz CT molecular complexity index is 1010. The maximum absolute atomic E-state index is 11.4. The highest BCUT2D eigenvalue weighted by molar-refractivity contribution is 5.80. The van der Waals surface area contributed by atoms with Gasteiger partial charge in [-0.1, -0.05) is 6.07 Å². The topological polar surface area (TPSA) is 78.1 Å². The third kappa shape index (κ3) is 2.65. The molecule has 0 bridgehead atoms. The minimum absolute atomic E-state index is 0.0434. The Balaban J connectivity index is 1.74. The molecule has 2 atom stereocenters. The minimum Gasteiger partial charge on any atom is -0.504 e. The van der Waals surface area contributed by atoms with Gasteiger partial charge in [-0.2, -0.15) is 0 Å². The van der Waals surface area contributed by atoms with E-state index in [2.05, 4.69) is 0 Å². The molecule has 0 saturated heterocycles. The van der Waals surface area contributed by atoms with Gasteiger partial charge in [-0.15, -0.1) is 0 Å². The van der Waals surface area contributed by atoms with Gasteiger partial charge < -0.3 is 23.7 Å². The van der Waals surface area contributed by atoms with Crippen molar-refractivity contribution >= 4 is 11.0 Å². The van der Waals surface area contributed by atoms with Crippen LogP contribution in [0.5, 0.6) is 23.0 Å². The van der Waals surface area contributed by atoms with Crippen molar-refractivity contribution in [2.45, 2.75) is 19.1 Å². The zero-order valence-corrected chi connectivity index (χ0v) is 13.7. The van der Waals surface area contributed by atoms with Gasteiger partial charge in [0.25, 0.3) is 0 Å². The molecule has 6 nitrogen and oxygen atoms in total. The maximum atomic E-state index is 11.4.